The summed E-state index contributed by atoms with van der Waals surface area (Å²) < 4.78 is 5.35. The van der Waals surface area contributed by atoms with E-state index in [0.717, 1.165) is 0 Å². The molecule has 0 aliphatic heterocycles. The second-order valence-corrected chi connectivity index (χ2v) is 5.12. The van der Waals surface area contributed by atoms with Gasteiger partial charge in [-0.15, -0.1) is 11.3 Å². The molecule has 0 aromatic carbocycles. The number of hydrogen-bond donors (Lipinski definition) is 1. The van der Waals surface area contributed by atoms with Crippen LogP contribution in [-0.4, -0.2) is 32.6 Å². The Morgan fingerprint density at radius 3 is 2.95 bits per heavy atom. The van der Waals surface area contributed by atoms with Crippen LogP contribution in [0.3, 0.4) is 0 Å². The fraction of sp³-hybridized carbons (Fsp3) is 0.143. The van der Waals surface area contributed by atoms with E-state index in [1.165, 1.54) is 17.5 Å². The summed E-state index contributed by atoms with van der Waals surface area (Å²) in [6, 6.07) is 5.50. The van der Waals surface area contributed by atoms with Gasteiger partial charge in [0.1, 0.15) is 15.2 Å². The third kappa shape index (κ3) is 2.43. The molecule has 0 amide bonds. The highest BCUT2D eigenvalue weighted by Gasteiger charge is 2.20. The van der Waals surface area contributed by atoms with Crippen LogP contribution >= 0.6 is 11.3 Å². The molecule has 21 heavy (non-hydrogen) atoms. The Bertz CT molecular complexity index is 802. The maximum absolute atomic E-state index is 11.7. The molecular formula is C14H11N3O3S. The summed E-state index contributed by atoms with van der Waals surface area (Å²) in [4.78, 5) is 24.2. The molecule has 7 heteroatoms. The van der Waals surface area contributed by atoms with Crippen LogP contribution in [0.5, 0.6) is 5.75 Å². The van der Waals surface area contributed by atoms with E-state index >= 15 is 0 Å². The predicted octanol–water partition coefficient (Wildman–Crippen LogP) is 2.64. The van der Waals surface area contributed by atoms with E-state index in [9.17, 15) is 9.90 Å². The Balaban J connectivity index is 2.10. The first-order valence-electron chi connectivity index (χ1n) is 6.27. The minimum atomic E-state index is -0.648. The predicted molar refractivity (Wildman–Crippen MR) is 78.3 cm³/mol. The monoisotopic (exact) mass is 301 g/mol. The highest BCUT2D eigenvalue weighted by atomic mass is 32.1. The molecule has 0 fully saturated rings. The lowest BCUT2D eigenvalue weighted by Gasteiger charge is -2.02. The van der Waals surface area contributed by atoms with Crippen LogP contribution in [0.25, 0.3) is 20.9 Å². The van der Waals surface area contributed by atoms with E-state index in [-0.39, 0.29) is 18.1 Å². The molecule has 0 atom stereocenters. The van der Waals surface area contributed by atoms with Crippen molar-refractivity contribution < 1.29 is 14.6 Å². The maximum atomic E-state index is 11.7. The van der Waals surface area contributed by atoms with Crippen molar-refractivity contribution in [3.05, 3.63) is 36.3 Å². The van der Waals surface area contributed by atoms with Gasteiger partial charge in [0.15, 0.2) is 11.4 Å². The SMILES string of the molecule is CCOC(=O)c1ncc2nc(-c3ccccn3)sc2c1O. The summed E-state index contributed by atoms with van der Waals surface area (Å²) in [5.41, 5.74) is 1.13. The van der Waals surface area contributed by atoms with Crippen LogP contribution in [0.15, 0.2) is 30.6 Å². The molecule has 0 aliphatic rings. The Kier molecular flexibility index (Phi) is 3.49. The number of fused-ring (bicyclic) bond motifs is 1. The van der Waals surface area contributed by atoms with Crippen molar-refractivity contribution in [3.63, 3.8) is 0 Å². The van der Waals surface area contributed by atoms with Crippen LogP contribution in [0, 0.1) is 0 Å². The number of carbonyl (C=O) groups is 1. The van der Waals surface area contributed by atoms with Gasteiger partial charge in [0, 0.05) is 6.20 Å². The number of aromatic nitrogens is 3. The molecule has 0 saturated carbocycles. The van der Waals surface area contributed by atoms with Crippen molar-refractivity contribution in [1.82, 2.24) is 15.0 Å². The molecule has 0 bridgehead atoms. The van der Waals surface area contributed by atoms with Gasteiger partial charge in [0.2, 0.25) is 0 Å². The molecule has 1 N–H and O–H groups in total. The van der Waals surface area contributed by atoms with Gasteiger partial charge in [-0.1, -0.05) is 6.07 Å². The molecule has 0 saturated heterocycles. The molecule has 0 unspecified atom stereocenters. The maximum Gasteiger partial charge on any atom is 0.360 e. The lowest BCUT2D eigenvalue weighted by Crippen LogP contribution is -2.07. The quantitative estimate of drug-likeness (QED) is 0.748. The minimum absolute atomic E-state index is 0.0967. The zero-order valence-electron chi connectivity index (χ0n) is 11.1. The number of carbonyl (C=O) groups excluding carboxylic acids is 1. The first kappa shape index (κ1) is 13.4. The lowest BCUT2D eigenvalue weighted by atomic mass is 10.3. The number of rotatable bonds is 3. The molecule has 0 spiro atoms. The van der Waals surface area contributed by atoms with Crippen molar-refractivity contribution in [3.8, 4) is 16.5 Å². The van der Waals surface area contributed by atoms with Gasteiger partial charge in [0.25, 0.3) is 0 Å². The number of nitrogens with zero attached hydrogens (tertiary/aromatic N) is 3. The van der Waals surface area contributed by atoms with E-state index < -0.39 is 5.97 Å². The van der Waals surface area contributed by atoms with Gasteiger partial charge in [-0.3, -0.25) is 4.98 Å². The van der Waals surface area contributed by atoms with Gasteiger partial charge in [-0.05, 0) is 19.1 Å². The Hall–Kier alpha value is -2.54. The third-order valence-corrected chi connectivity index (χ3v) is 3.86. The molecular weight excluding hydrogens is 290 g/mol. The van der Waals surface area contributed by atoms with E-state index in [1.54, 1.807) is 13.1 Å². The average Bonchev–Trinajstić information content (AvgIpc) is 2.94. The molecule has 3 aromatic heterocycles. The normalized spacial score (nSPS) is 10.7. The van der Waals surface area contributed by atoms with Gasteiger partial charge >= 0.3 is 5.97 Å². The van der Waals surface area contributed by atoms with Gasteiger partial charge in [-0.2, -0.15) is 0 Å². The standard InChI is InChI=1S/C14H11N3O3S/c1-2-20-14(19)10-11(18)12-9(7-16-10)17-13(21-12)8-5-3-4-6-15-8/h3-7,18H,2H2,1H3. The van der Waals surface area contributed by atoms with Crippen LogP contribution in [0.2, 0.25) is 0 Å². The highest BCUT2D eigenvalue weighted by molar-refractivity contribution is 7.22. The number of pyridine rings is 2. The van der Waals surface area contributed by atoms with Crippen LogP contribution in [0.1, 0.15) is 17.4 Å². The molecule has 6 nitrogen and oxygen atoms in total. The van der Waals surface area contributed by atoms with E-state index in [2.05, 4.69) is 15.0 Å². The Morgan fingerprint density at radius 2 is 2.24 bits per heavy atom. The van der Waals surface area contributed by atoms with E-state index in [4.69, 9.17) is 4.74 Å². The summed E-state index contributed by atoms with van der Waals surface area (Å²) in [7, 11) is 0. The van der Waals surface area contributed by atoms with Crippen molar-refractivity contribution in [2.75, 3.05) is 6.61 Å². The summed E-state index contributed by atoms with van der Waals surface area (Å²) >= 11 is 1.26. The number of thiazole rings is 1. The van der Waals surface area contributed by atoms with Gasteiger partial charge in [0.05, 0.1) is 18.5 Å². The summed E-state index contributed by atoms with van der Waals surface area (Å²) in [5.74, 6) is -0.852. The largest absolute Gasteiger partial charge is 0.504 e. The fourth-order valence-corrected chi connectivity index (χ4v) is 2.79. The molecule has 3 rings (SSSR count). The number of ether oxygens (including phenoxy) is 1. The van der Waals surface area contributed by atoms with Gasteiger partial charge < -0.3 is 9.84 Å². The summed E-state index contributed by atoms with van der Waals surface area (Å²) in [6.07, 6.45) is 3.12. The van der Waals surface area contributed by atoms with Crippen LogP contribution in [0.4, 0.5) is 0 Å². The average molecular weight is 301 g/mol. The smallest absolute Gasteiger partial charge is 0.360 e. The van der Waals surface area contributed by atoms with E-state index in [1.807, 2.05) is 18.2 Å². The second-order valence-electron chi connectivity index (χ2n) is 4.12. The molecule has 106 valence electrons. The zero-order chi connectivity index (χ0) is 14.8. The molecule has 0 radical (unpaired) electrons. The zero-order valence-corrected chi connectivity index (χ0v) is 11.9. The Morgan fingerprint density at radius 1 is 1.38 bits per heavy atom. The second kappa shape index (κ2) is 5.45. The highest BCUT2D eigenvalue weighted by Crippen LogP contribution is 2.35. The number of aromatic hydroxyl groups is 1. The van der Waals surface area contributed by atoms with E-state index in [0.29, 0.717) is 20.9 Å². The molecule has 0 aliphatic carbocycles. The van der Waals surface area contributed by atoms with Crippen molar-refractivity contribution >= 4 is 27.5 Å². The van der Waals surface area contributed by atoms with Crippen molar-refractivity contribution in [2.45, 2.75) is 6.92 Å². The fourth-order valence-electron chi connectivity index (χ4n) is 1.83. The first-order valence-corrected chi connectivity index (χ1v) is 7.09. The van der Waals surface area contributed by atoms with Gasteiger partial charge in [-0.25, -0.2) is 14.8 Å². The third-order valence-electron chi connectivity index (χ3n) is 2.76. The van der Waals surface area contributed by atoms with Crippen molar-refractivity contribution in [2.24, 2.45) is 0 Å². The minimum Gasteiger partial charge on any atom is -0.504 e. The number of esters is 1. The van der Waals surface area contributed by atoms with Crippen LogP contribution in [-0.2, 0) is 4.74 Å². The summed E-state index contributed by atoms with van der Waals surface area (Å²) in [6.45, 7) is 1.92. The van der Waals surface area contributed by atoms with Crippen LogP contribution < -0.4 is 0 Å². The first-order chi connectivity index (χ1) is 10.2. The lowest BCUT2D eigenvalue weighted by molar-refractivity contribution is 0.0516. The number of hydrogen-bond acceptors (Lipinski definition) is 7. The topological polar surface area (TPSA) is 85.2 Å². The molecule has 3 heterocycles. The summed E-state index contributed by atoms with van der Waals surface area (Å²) in [5, 5.41) is 10.8. The molecule has 3 aromatic rings. The van der Waals surface area contributed by atoms with Crippen molar-refractivity contribution in [1.29, 1.82) is 0 Å². The Labute approximate surface area is 124 Å².